The first-order chi connectivity index (χ1) is 10.3. The van der Waals surface area contributed by atoms with Crippen molar-refractivity contribution in [3.63, 3.8) is 0 Å². The number of aliphatic hydroxyl groups is 1. The molecule has 2 heterocycles. The fourth-order valence-corrected chi connectivity index (χ4v) is 2.21. The van der Waals surface area contributed by atoms with Gasteiger partial charge in [0.25, 0.3) is 0 Å². The van der Waals surface area contributed by atoms with Gasteiger partial charge in [-0.15, -0.1) is 0 Å². The second-order valence-corrected chi connectivity index (χ2v) is 6.59. The highest BCUT2D eigenvalue weighted by Crippen LogP contribution is 2.38. The van der Waals surface area contributed by atoms with Crippen molar-refractivity contribution in [2.24, 2.45) is 0 Å². The molecule has 6 heteroatoms. The van der Waals surface area contributed by atoms with Crippen molar-refractivity contribution in [2.75, 3.05) is 13.6 Å². The van der Waals surface area contributed by atoms with Crippen LogP contribution in [0.4, 0.5) is 0 Å². The van der Waals surface area contributed by atoms with E-state index in [0.29, 0.717) is 6.54 Å². The molecule has 0 saturated carbocycles. The molecule has 2 N–H and O–H groups in total. The molecule has 0 aliphatic carbocycles. The van der Waals surface area contributed by atoms with E-state index in [-0.39, 0.29) is 17.8 Å². The molecule has 5 nitrogen and oxygen atoms in total. The van der Waals surface area contributed by atoms with Crippen LogP contribution in [0.3, 0.4) is 0 Å². The van der Waals surface area contributed by atoms with Gasteiger partial charge in [-0.3, -0.25) is 4.98 Å². The van der Waals surface area contributed by atoms with Crippen LogP contribution < -0.4 is 5.32 Å². The molecule has 1 aliphatic rings. The lowest BCUT2D eigenvalue weighted by atomic mass is 9.77. The lowest BCUT2D eigenvalue weighted by molar-refractivity contribution is 0.00578. The normalized spacial score (nSPS) is 20.5. The molecule has 0 amide bonds. The van der Waals surface area contributed by atoms with Gasteiger partial charge in [0.2, 0.25) is 0 Å². The molecule has 0 atom stereocenters. The van der Waals surface area contributed by atoms with E-state index in [1.165, 1.54) is 0 Å². The Labute approximate surface area is 132 Å². The summed E-state index contributed by atoms with van der Waals surface area (Å²) in [6, 6.07) is 3.74. The molecule has 120 valence electrons. The van der Waals surface area contributed by atoms with Crippen molar-refractivity contribution in [3.8, 4) is 0 Å². The quantitative estimate of drug-likeness (QED) is 0.812. The highest BCUT2D eigenvalue weighted by atomic mass is 16.7. The Morgan fingerprint density at radius 3 is 2.36 bits per heavy atom. The zero-order valence-electron chi connectivity index (χ0n) is 14.0. The van der Waals surface area contributed by atoms with Crippen LogP contribution in [0.5, 0.6) is 0 Å². The number of nitrogens with zero attached hydrogens (tertiary/aromatic N) is 1. The zero-order chi connectivity index (χ0) is 16.4. The van der Waals surface area contributed by atoms with Crippen LogP contribution in [-0.2, 0) is 15.9 Å². The fourth-order valence-electron chi connectivity index (χ4n) is 2.21. The summed E-state index contributed by atoms with van der Waals surface area (Å²) in [5, 5.41) is 12.2. The smallest absolute Gasteiger partial charge is 0.400 e. The summed E-state index contributed by atoms with van der Waals surface area (Å²) in [5.41, 5.74) is 1.88. The van der Waals surface area contributed by atoms with E-state index in [2.05, 4.69) is 10.3 Å². The van der Waals surface area contributed by atoms with Gasteiger partial charge in [-0.05, 0) is 57.9 Å². The largest absolute Gasteiger partial charge is 0.491 e. The van der Waals surface area contributed by atoms with Crippen molar-refractivity contribution in [1.29, 1.82) is 0 Å². The Hall–Kier alpha value is -1.21. The predicted molar refractivity (Wildman–Crippen MR) is 88.1 cm³/mol. The monoisotopic (exact) mass is 304 g/mol. The minimum Gasteiger partial charge on any atom is -0.400 e. The average Bonchev–Trinajstić information content (AvgIpc) is 2.68. The van der Waals surface area contributed by atoms with E-state index in [1.807, 2.05) is 53.0 Å². The second-order valence-electron chi connectivity index (χ2n) is 6.59. The highest BCUT2D eigenvalue weighted by Gasteiger charge is 2.52. The molecule has 0 spiro atoms. The van der Waals surface area contributed by atoms with Crippen molar-refractivity contribution < 1.29 is 14.4 Å². The van der Waals surface area contributed by atoms with E-state index in [4.69, 9.17) is 14.4 Å². The zero-order valence-corrected chi connectivity index (χ0v) is 14.0. The van der Waals surface area contributed by atoms with Crippen molar-refractivity contribution in [1.82, 2.24) is 10.3 Å². The van der Waals surface area contributed by atoms with Gasteiger partial charge >= 0.3 is 7.12 Å². The molecule has 0 radical (unpaired) electrons. The summed E-state index contributed by atoms with van der Waals surface area (Å²) in [4.78, 5) is 4.34. The maximum absolute atomic E-state index is 9.08. The van der Waals surface area contributed by atoms with Gasteiger partial charge in [-0.1, -0.05) is 6.07 Å². The van der Waals surface area contributed by atoms with Crippen molar-refractivity contribution in [2.45, 2.75) is 45.5 Å². The van der Waals surface area contributed by atoms with Crippen LogP contribution in [0.2, 0.25) is 0 Å². The minimum absolute atomic E-state index is 0.00239. The predicted octanol–water partition coefficient (Wildman–Crippen LogP) is 1.81. The first kappa shape index (κ1) is 17.2. The molecule has 22 heavy (non-hydrogen) atoms. The molecule has 1 aromatic heterocycles. The Bertz CT molecular complexity index is 525. The molecular weight excluding hydrogens is 279 g/mol. The van der Waals surface area contributed by atoms with Crippen LogP contribution in [0.25, 0.3) is 6.08 Å². The summed E-state index contributed by atoms with van der Waals surface area (Å²) in [7, 11) is 1.50. The van der Waals surface area contributed by atoms with Gasteiger partial charge < -0.3 is 19.7 Å². The molecule has 0 unspecified atom stereocenters. The van der Waals surface area contributed by atoms with Gasteiger partial charge in [0.05, 0.1) is 23.5 Å². The van der Waals surface area contributed by atoms with Crippen LogP contribution in [-0.4, -0.2) is 42.0 Å². The minimum atomic E-state index is -0.392. The van der Waals surface area contributed by atoms with E-state index < -0.39 is 7.12 Å². The maximum atomic E-state index is 9.08. The topological polar surface area (TPSA) is 63.6 Å². The summed E-state index contributed by atoms with van der Waals surface area (Å²) in [5.74, 6) is 0. The van der Waals surface area contributed by atoms with Crippen LogP contribution in [0, 0.1) is 0 Å². The van der Waals surface area contributed by atoms with Crippen molar-refractivity contribution >= 4 is 13.2 Å². The van der Waals surface area contributed by atoms with E-state index >= 15 is 0 Å². The molecule has 2 rings (SSSR count). The van der Waals surface area contributed by atoms with Crippen LogP contribution in [0.1, 0.15) is 39.0 Å². The average molecular weight is 304 g/mol. The fraction of sp³-hybridized carbons (Fsp3) is 0.562. The van der Waals surface area contributed by atoms with Gasteiger partial charge in [0.15, 0.2) is 0 Å². The first-order valence-electron chi connectivity index (χ1n) is 7.55. The number of aromatic nitrogens is 1. The standard InChI is InChI=1S/C16H25BN2O3/c1-15(2)16(3,4)22-17(21-15)13(10-18-5)8-14-7-6-12(11-20)9-19-14/h6-9,18,20H,10-11H2,1-5H3. The summed E-state index contributed by atoms with van der Waals surface area (Å²) in [6.07, 6.45) is 3.65. The van der Waals surface area contributed by atoms with Gasteiger partial charge in [0.1, 0.15) is 0 Å². The molecule has 1 aromatic rings. The number of hydrogen-bond acceptors (Lipinski definition) is 5. The van der Waals surface area contributed by atoms with E-state index in [9.17, 15) is 0 Å². The number of pyridine rings is 1. The molecule has 1 fully saturated rings. The lowest BCUT2D eigenvalue weighted by Crippen LogP contribution is -2.41. The molecule has 0 bridgehead atoms. The van der Waals surface area contributed by atoms with E-state index in [1.54, 1.807) is 6.20 Å². The first-order valence-corrected chi connectivity index (χ1v) is 7.55. The van der Waals surface area contributed by atoms with Gasteiger partial charge in [-0.2, -0.15) is 0 Å². The molecule has 0 aromatic carbocycles. The number of hydrogen-bond donors (Lipinski definition) is 2. The summed E-state index contributed by atoms with van der Waals surface area (Å²) < 4.78 is 12.2. The third-order valence-corrected chi connectivity index (χ3v) is 4.30. The van der Waals surface area contributed by atoms with Gasteiger partial charge in [0, 0.05) is 12.7 Å². The van der Waals surface area contributed by atoms with E-state index in [0.717, 1.165) is 16.7 Å². The molecule has 1 saturated heterocycles. The third-order valence-electron chi connectivity index (χ3n) is 4.30. The number of nitrogens with one attached hydrogen (secondary N) is 1. The van der Waals surface area contributed by atoms with Crippen LogP contribution >= 0.6 is 0 Å². The summed E-state index contributed by atoms with van der Waals surface area (Å²) in [6.45, 7) is 8.81. The molecule has 1 aliphatic heterocycles. The SMILES string of the molecule is CNCC(=Cc1ccc(CO)cn1)B1OC(C)(C)C(C)(C)O1. The number of aliphatic hydroxyl groups excluding tert-OH is 1. The van der Waals surface area contributed by atoms with Gasteiger partial charge in [-0.25, -0.2) is 0 Å². The Morgan fingerprint density at radius 2 is 1.91 bits per heavy atom. The lowest BCUT2D eigenvalue weighted by Gasteiger charge is -2.32. The number of rotatable bonds is 5. The molecular formula is C16H25BN2O3. The van der Waals surface area contributed by atoms with Crippen molar-refractivity contribution in [3.05, 3.63) is 35.1 Å². The Balaban J connectivity index is 2.24. The second kappa shape index (κ2) is 6.50. The highest BCUT2D eigenvalue weighted by molar-refractivity contribution is 6.55. The number of likely N-dealkylation sites (N-methyl/N-ethyl adjacent to an activating group) is 1. The summed E-state index contributed by atoms with van der Waals surface area (Å²) >= 11 is 0. The Kier molecular flexibility index (Phi) is 5.07. The maximum Gasteiger partial charge on any atom is 0.491 e. The Morgan fingerprint density at radius 1 is 1.27 bits per heavy atom. The third kappa shape index (κ3) is 3.58. The van der Waals surface area contributed by atoms with Crippen LogP contribution in [0.15, 0.2) is 23.8 Å².